The van der Waals surface area contributed by atoms with Gasteiger partial charge in [-0.3, -0.25) is 4.79 Å². The van der Waals surface area contributed by atoms with Crippen molar-refractivity contribution >= 4 is 23.5 Å². The molecule has 4 aromatic rings. The Morgan fingerprint density at radius 1 is 0.967 bits per heavy atom. The molecular weight excluding hydrogens is 396 g/mol. The van der Waals surface area contributed by atoms with Gasteiger partial charge in [-0.15, -0.1) is 5.10 Å². The van der Waals surface area contributed by atoms with Gasteiger partial charge < -0.3 is 5.32 Å². The van der Waals surface area contributed by atoms with Gasteiger partial charge in [0.05, 0.1) is 0 Å². The first-order chi connectivity index (χ1) is 14.5. The Hall–Kier alpha value is -3.44. The van der Waals surface area contributed by atoms with Crippen LogP contribution in [0.15, 0.2) is 72.8 Å². The topological polar surface area (TPSA) is 59.8 Å². The molecule has 0 saturated carbocycles. The molecule has 30 heavy (non-hydrogen) atoms. The van der Waals surface area contributed by atoms with E-state index >= 15 is 0 Å². The average Bonchev–Trinajstić information content (AvgIpc) is 3.17. The molecule has 150 valence electrons. The Morgan fingerprint density at radius 3 is 2.47 bits per heavy atom. The second-order valence-corrected chi connectivity index (χ2v) is 7.56. The molecule has 0 bridgehead atoms. The summed E-state index contributed by atoms with van der Waals surface area (Å²) in [7, 11) is 0. The number of hydrogen-bond acceptors (Lipinski definition) is 4. The zero-order chi connectivity index (χ0) is 21.1. The summed E-state index contributed by atoms with van der Waals surface area (Å²) in [4.78, 5) is 17.8. The number of aryl methyl sites for hydroxylation is 2. The van der Waals surface area contributed by atoms with Crippen molar-refractivity contribution < 1.29 is 4.79 Å². The number of carbonyl (C=O) groups excluding carboxylic acids is 1. The van der Waals surface area contributed by atoms with Crippen molar-refractivity contribution in [2.75, 3.05) is 5.32 Å². The maximum Gasteiger partial charge on any atom is 0.281 e. The molecule has 4 rings (SSSR count). The van der Waals surface area contributed by atoms with Crippen LogP contribution in [0.25, 0.3) is 11.4 Å². The Kier molecular flexibility index (Phi) is 5.63. The smallest absolute Gasteiger partial charge is 0.281 e. The highest BCUT2D eigenvalue weighted by molar-refractivity contribution is 6.31. The van der Waals surface area contributed by atoms with Crippen molar-refractivity contribution in [1.82, 2.24) is 14.8 Å². The number of hydrogen-bond donors (Lipinski definition) is 1. The van der Waals surface area contributed by atoms with Crippen LogP contribution in [0.1, 0.15) is 27.0 Å². The fourth-order valence-electron chi connectivity index (χ4n) is 3.11. The molecule has 0 aliphatic heterocycles. The molecule has 0 aliphatic rings. The van der Waals surface area contributed by atoms with E-state index in [4.69, 9.17) is 11.6 Å². The van der Waals surface area contributed by atoms with Crippen molar-refractivity contribution in [3.63, 3.8) is 0 Å². The van der Waals surface area contributed by atoms with Crippen LogP contribution in [0.5, 0.6) is 0 Å². The first-order valence-corrected chi connectivity index (χ1v) is 10.0. The number of carbonyl (C=O) groups is 1. The number of nitrogens with zero attached hydrogens (tertiary/aromatic N) is 3. The van der Waals surface area contributed by atoms with Gasteiger partial charge in [0.2, 0.25) is 5.95 Å². The van der Waals surface area contributed by atoms with E-state index in [0.717, 1.165) is 22.3 Å². The minimum Gasteiger partial charge on any atom is -0.350 e. The van der Waals surface area contributed by atoms with Crippen molar-refractivity contribution in [3.8, 4) is 11.4 Å². The van der Waals surface area contributed by atoms with Gasteiger partial charge in [0, 0.05) is 22.7 Å². The molecule has 0 unspecified atom stereocenters. The molecular formula is C24H21ClN4O. The van der Waals surface area contributed by atoms with Crippen LogP contribution in [-0.2, 0) is 6.54 Å². The Morgan fingerprint density at radius 2 is 1.73 bits per heavy atom. The molecule has 1 N–H and O–H groups in total. The molecule has 3 aromatic carbocycles. The lowest BCUT2D eigenvalue weighted by atomic mass is 10.1. The number of rotatable bonds is 5. The third-order valence-corrected chi connectivity index (χ3v) is 5.14. The number of halogens is 1. The molecule has 1 heterocycles. The largest absolute Gasteiger partial charge is 0.350 e. The van der Waals surface area contributed by atoms with Gasteiger partial charge in [-0.25, -0.2) is 0 Å². The van der Waals surface area contributed by atoms with E-state index in [1.54, 1.807) is 6.07 Å². The lowest BCUT2D eigenvalue weighted by Crippen LogP contribution is -2.17. The molecule has 0 saturated heterocycles. The van der Waals surface area contributed by atoms with Gasteiger partial charge in [0.25, 0.3) is 5.91 Å². The maximum absolute atomic E-state index is 13.2. The van der Waals surface area contributed by atoms with Crippen molar-refractivity contribution in [1.29, 1.82) is 0 Å². The molecule has 1 aromatic heterocycles. The van der Waals surface area contributed by atoms with Crippen LogP contribution in [0.2, 0.25) is 5.02 Å². The Bertz CT molecular complexity index is 1200. The lowest BCUT2D eigenvalue weighted by Gasteiger charge is -2.08. The third-order valence-electron chi connectivity index (χ3n) is 4.77. The monoisotopic (exact) mass is 416 g/mol. The van der Waals surface area contributed by atoms with Gasteiger partial charge in [0.15, 0.2) is 5.82 Å². The lowest BCUT2D eigenvalue weighted by molar-refractivity contribution is 0.0947. The van der Waals surface area contributed by atoms with Gasteiger partial charge >= 0.3 is 0 Å². The minimum absolute atomic E-state index is 0.244. The molecule has 0 fully saturated rings. The van der Waals surface area contributed by atoms with E-state index in [9.17, 15) is 4.79 Å². The molecule has 5 nitrogen and oxygen atoms in total. The fourth-order valence-corrected chi connectivity index (χ4v) is 3.31. The predicted molar refractivity (Wildman–Crippen MR) is 120 cm³/mol. The van der Waals surface area contributed by atoms with Crippen molar-refractivity contribution in [3.05, 3.63) is 100 Å². The Labute approximate surface area is 180 Å². The van der Waals surface area contributed by atoms with Gasteiger partial charge in [-0.05, 0) is 37.6 Å². The summed E-state index contributed by atoms with van der Waals surface area (Å²) in [6.07, 6.45) is 0. The number of nitrogens with one attached hydrogen (secondary N) is 1. The second-order valence-electron chi connectivity index (χ2n) is 7.16. The summed E-state index contributed by atoms with van der Waals surface area (Å²) < 4.78 is 1.32. The first-order valence-electron chi connectivity index (χ1n) is 9.64. The van der Waals surface area contributed by atoms with Crippen LogP contribution >= 0.6 is 11.6 Å². The van der Waals surface area contributed by atoms with Crippen molar-refractivity contribution in [2.45, 2.75) is 20.4 Å². The third kappa shape index (κ3) is 4.26. The average molecular weight is 417 g/mol. The van der Waals surface area contributed by atoms with E-state index in [1.165, 1.54) is 4.68 Å². The SMILES string of the molecule is Cc1ccc(-c2nc(NCc3ccccc3Cl)n(C(=O)c3cccc(C)c3)n2)cc1. The van der Waals surface area contributed by atoms with Crippen molar-refractivity contribution in [2.24, 2.45) is 0 Å². The summed E-state index contributed by atoms with van der Waals surface area (Å²) in [6.45, 7) is 4.40. The van der Waals surface area contributed by atoms with Crippen LogP contribution < -0.4 is 5.32 Å². The molecule has 0 spiro atoms. The first kappa shape index (κ1) is 19.9. The highest BCUT2D eigenvalue weighted by Crippen LogP contribution is 2.21. The molecule has 0 amide bonds. The number of aromatic nitrogens is 3. The van der Waals surface area contributed by atoms with Crippen LogP contribution in [0.3, 0.4) is 0 Å². The quantitative estimate of drug-likeness (QED) is 0.465. The zero-order valence-corrected chi connectivity index (χ0v) is 17.5. The number of anilines is 1. The highest BCUT2D eigenvalue weighted by atomic mass is 35.5. The molecule has 6 heteroatoms. The van der Waals surface area contributed by atoms with Crippen LogP contribution in [0.4, 0.5) is 5.95 Å². The highest BCUT2D eigenvalue weighted by Gasteiger charge is 2.19. The van der Waals surface area contributed by atoms with E-state index < -0.39 is 0 Å². The second kappa shape index (κ2) is 8.51. The summed E-state index contributed by atoms with van der Waals surface area (Å²) in [6, 6.07) is 22.9. The standard InChI is InChI=1S/C24H21ClN4O/c1-16-10-12-18(13-11-16)22-27-24(26-15-20-7-3-4-9-21(20)25)29(28-22)23(30)19-8-5-6-17(2)14-19/h3-14H,15H2,1-2H3,(H,26,27,28). The van der Waals surface area contributed by atoms with E-state index in [-0.39, 0.29) is 5.91 Å². The summed E-state index contributed by atoms with van der Waals surface area (Å²) in [5.74, 6) is 0.612. The van der Waals surface area contributed by atoms with Gasteiger partial charge in [0.1, 0.15) is 0 Å². The summed E-state index contributed by atoms with van der Waals surface area (Å²) >= 11 is 6.27. The maximum atomic E-state index is 13.2. The van der Waals surface area contributed by atoms with E-state index in [0.29, 0.717) is 28.9 Å². The van der Waals surface area contributed by atoms with Crippen LogP contribution in [-0.4, -0.2) is 20.7 Å². The Balaban J connectivity index is 1.71. The van der Waals surface area contributed by atoms with Gasteiger partial charge in [-0.2, -0.15) is 9.67 Å². The molecule has 0 aliphatic carbocycles. The fraction of sp³-hybridized carbons (Fsp3) is 0.125. The predicted octanol–water partition coefficient (Wildman–Crippen LogP) is 5.52. The van der Waals surface area contributed by atoms with Gasteiger partial charge in [-0.1, -0.05) is 77.3 Å². The minimum atomic E-state index is -0.244. The summed E-state index contributed by atoms with van der Waals surface area (Å²) in [5.41, 5.74) is 4.46. The van der Waals surface area contributed by atoms with E-state index in [1.807, 2.05) is 80.6 Å². The van der Waals surface area contributed by atoms with E-state index in [2.05, 4.69) is 15.4 Å². The zero-order valence-electron chi connectivity index (χ0n) is 16.8. The summed E-state index contributed by atoms with van der Waals surface area (Å²) in [5, 5.41) is 8.39. The van der Waals surface area contributed by atoms with Crippen LogP contribution in [0, 0.1) is 13.8 Å². The normalized spacial score (nSPS) is 10.8. The number of benzene rings is 3. The molecule has 0 radical (unpaired) electrons. The molecule has 0 atom stereocenters.